The lowest BCUT2D eigenvalue weighted by atomic mass is 10.0. The summed E-state index contributed by atoms with van der Waals surface area (Å²) < 4.78 is 24.4. The van der Waals surface area contributed by atoms with Crippen molar-refractivity contribution in [1.82, 2.24) is 4.98 Å². The van der Waals surface area contributed by atoms with Crippen molar-refractivity contribution in [1.29, 1.82) is 0 Å². The monoisotopic (exact) mass is 325 g/mol. The molecule has 0 fully saturated rings. The highest BCUT2D eigenvalue weighted by atomic mass is 32.2. The third kappa shape index (κ3) is 3.29. The van der Waals surface area contributed by atoms with Crippen LogP contribution in [0.25, 0.3) is 0 Å². The largest absolute Gasteiger partial charge is 0.755 e. The van der Waals surface area contributed by atoms with Crippen LogP contribution >= 0.6 is 11.3 Å². The van der Waals surface area contributed by atoms with E-state index in [1.165, 1.54) is 5.51 Å². The van der Waals surface area contributed by atoms with Crippen molar-refractivity contribution in [3.8, 4) is 0 Å². The molecule has 0 amide bonds. The van der Waals surface area contributed by atoms with E-state index in [1.54, 1.807) is 0 Å². The Bertz CT molecular complexity index is 645. The van der Waals surface area contributed by atoms with Gasteiger partial charge in [-0.3, -0.25) is 8.51 Å². The zero-order valence-electron chi connectivity index (χ0n) is 11.1. The van der Waals surface area contributed by atoms with Crippen molar-refractivity contribution >= 4 is 33.6 Å². The first-order chi connectivity index (χ1) is 10.1. The Morgan fingerprint density at radius 2 is 2.14 bits per heavy atom. The lowest BCUT2D eigenvalue weighted by Gasteiger charge is -2.33. The fourth-order valence-electron chi connectivity index (χ4n) is 2.07. The summed E-state index contributed by atoms with van der Waals surface area (Å²) >= 11 is -1.61. The Balaban J connectivity index is 2.50. The second kappa shape index (κ2) is 6.79. The lowest BCUT2D eigenvalue weighted by Crippen LogP contribution is -2.30. The van der Waals surface area contributed by atoms with Crippen LogP contribution in [-0.2, 0) is 11.3 Å². The maximum absolute atomic E-state index is 11.7. The van der Waals surface area contributed by atoms with E-state index in [0.717, 1.165) is 21.2 Å². The van der Waals surface area contributed by atoms with Crippen LogP contribution in [0.4, 0.5) is 5.00 Å². The molecule has 1 aromatic heterocycles. The fraction of sp³-hybridized carbons (Fsp3) is 0.231. The molecule has 112 valence electrons. The van der Waals surface area contributed by atoms with E-state index in [-0.39, 0.29) is 10.7 Å². The molecule has 0 spiro atoms. The van der Waals surface area contributed by atoms with Crippen molar-refractivity contribution in [2.24, 2.45) is 0 Å². The molecule has 8 heteroatoms. The number of aromatic carboxylic acids is 1. The van der Waals surface area contributed by atoms with Gasteiger partial charge >= 0.3 is 5.97 Å². The highest BCUT2D eigenvalue weighted by Gasteiger charge is 2.27. The van der Waals surface area contributed by atoms with Gasteiger partial charge in [0.05, 0.1) is 11.6 Å². The quantitative estimate of drug-likeness (QED) is 0.824. The number of hydrogen-bond donors (Lipinski definition) is 1. The summed E-state index contributed by atoms with van der Waals surface area (Å²) in [5, 5.41) is 9.24. The van der Waals surface area contributed by atoms with Gasteiger partial charge in [0.2, 0.25) is 0 Å². The number of hydrogen-bond acceptors (Lipinski definition) is 5. The summed E-state index contributed by atoms with van der Waals surface area (Å²) in [4.78, 5) is 14.9. The average Bonchev–Trinajstić information content (AvgIpc) is 2.94. The minimum atomic E-state index is -2.60. The van der Waals surface area contributed by atoms with Crippen molar-refractivity contribution in [3.05, 3.63) is 47.1 Å². The molecule has 1 aromatic carbocycles. The fourth-order valence-corrected chi connectivity index (χ4v) is 3.82. The number of nitrogens with zero attached hydrogens (tertiary/aromatic N) is 2. The van der Waals surface area contributed by atoms with Crippen LogP contribution < -0.4 is 4.31 Å². The number of rotatable bonds is 6. The number of anilines is 1. The lowest BCUT2D eigenvalue weighted by molar-refractivity contribution is 0.0692. The van der Waals surface area contributed by atoms with Gasteiger partial charge in [-0.1, -0.05) is 37.3 Å². The molecule has 0 aliphatic carbocycles. The second-order valence-electron chi connectivity index (χ2n) is 4.19. The highest BCUT2D eigenvalue weighted by molar-refractivity contribution is 7.81. The van der Waals surface area contributed by atoms with Gasteiger partial charge in [0, 0.05) is 11.3 Å². The first kappa shape index (κ1) is 15.6. The van der Waals surface area contributed by atoms with Gasteiger partial charge in [-0.05, 0) is 12.0 Å². The smallest absolute Gasteiger partial charge is 0.357 e. The Morgan fingerprint density at radius 3 is 2.67 bits per heavy atom. The van der Waals surface area contributed by atoms with Crippen LogP contribution in [-0.4, -0.2) is 24.8 Å². The third-order valence-corrected chi connectivity index (χ3v) is 4.66. The Morgan fingerprint density at radius 1 is 1.48 bits per heavy atom. The van der Waals surface area contributed by atoms with Crippen molar-refractivity contribution in [2.45, 2.75) is 19.4 Å². The Hall–Kier alpha value is -1.77. The standard InChI is InChI=1S/C13H14N2O4S2/c1-2-10(9-6-4-3-5-7-9)15(21(18)19)12-11(13(16)17)14-8-20-12/h3-8,10H,2H2,1H3,(H,16,17)(H,18,19)/p-1. The van der Waals surface area contributed by atoms with E-state index >= 15 is 0 Å². The van der Waals surface area contributed by atoms with Crippen molar-refractivity contribution < 1.29 is 18.7 Å². The highest BCUT2D eigenvalue weighted by Crippen LogP contribution is 2.35. The zero-order valence-corrected chi connectivity index (χ0v) is 12.8. The SMILES string of the molecule is CCC(c1ccccc1)N(c1scnc1C(=O)O)S(=O)[O-]. The number of carboxylic acid groups (broad SMARTS) is 1. The van der Waals surface area contributed by atoms with Crippen LogP contribution in [0.2, 0.25) is 0 Å². The number of carbonyl (C=O) groups is 1. The minimum absolute atomic E-state index is 0.117. The van der Waals surface area contributed by atoms with Gasteiger partial charge in [0.25, 0.3) is 0 Å². The predicted octanol–water partition coefficient (Wildman–Crippen LogP) is 2.59. The molecule has 1 heterocycles. The summed E-state index contributed by atoms with van der Waals surface area (Å²) in [6.07, 6.45) is 0.509. The van der Waals surface area contributed by atoms with E-state index in [2.05, 4.69) is 4.98 Å². The molecule has 2 aromatic rings. The van der Waals surface area contributed by atoms with Gasteiger partial charge in [-0.15, -0.1) is 11.3 Å². The van der Waals surface area contributed by atoms with Gasteiger partial charge in [-0.25, -0.2) is 9.78 Å². The number of benzene rings is 1. The molecule has 0 radical (unpaired) electrons. The van der Waals surface area contributed by atoms with E-state index in [0.29, 0.717) is 6.42 Å². The maximum atomic E-state index is 11.7. The number of thiazole rings is 1. The molecular formula is C13H13N2O4S2-. The molecule has 6 nitrogen and oxygen atoms in total. The summed E-state index contributed by atoms with van der Waals surface area (Å²) in [5.74, 6) is -1.25. The first-order valence-electron chi connectivity index (χ1n) is 6.16. The molecule has 2 atom stereocenters. The number of aromatic nitrogens is 1. The van der Waals surface area contributed by atoms with Gasteiger partial charge in [0.15, 0.2) is 5.69 Å². The molecule has 0 aliphatic rings. The summed E-state index contributed by atoms with van der Waals surface area (Å²) in [6, 6.07) is 8.63. The van der Waals surface area contributed by atoms with Gasteiger partial charge < -0.3 is 9.66 Å². The number of carboxylic acids is 1. The van der Waals surface area contributed by atoms with Crippen LogP contribution in [0, 0.1) is 0 Å². The maximum Gasteiger partial charge on any atom is 0.357 e. The van der Waals surface area contributed by atoms with E-state index in [4.69, 9.17) is 5.11 Å². The van der Waals surface area contributed by atoms with Crippen LogP contribution in [0.5, 0.6) is 0 Å². The van der Waals surface area contributed by atoms with Crippen molar-refractivity contribution in [2.75, 3.05) is 4.31 Å². The second-order valence-corrected chi connectivity index (χ2v) is 5.85. The van der Waals surface area contributed by atoms with E-state index in [1.807, 2.05) is 37.3 Å². The average molecular weight is 325 g/mol. The molecule has 0 saturated carbocycles. The molecule has 2 unspecified atom stereocenters. The minimum Gasteiger partial charge on any atom is -0.755 e. The van der Waals surface area contributed by atoms with Gasteiger partial charge in [0.1, 0.15) is 5.00 Å². The molecular weight excluding hydrogens is 312 g/mol. The van der Waals surface area contributed by atoms with Crippen LogP contribution in [0.15, 0.2) is 35.8 Å². The summed E-state index contributed by atoms with van der Waals surface area (Å²) in [7, 11) is 0. The molecule has 1 N–H and O–H groups in total. The Labute approximate surface area is 128 Å². The van der Waals surface area contributed by atoms with E-state index in [9.17, 15) is 13.6 Å². The molecule has 0 aliphatic heterocycles. The summed E-state index contributed by atoms with van der Waals surface area (Å²) in [6.45, 7) is 1.85. The zero-order chi connectivity index (χ0) is 15.4. The van der Waals surface area contributed by atoms with Crippen LogP contribution in [0.1, 0.15) is 35.4 Å². The molecule has 21 heavy (non-hydrogen) atoms. The third-order valence-electron chi connectivity index (χ3n) is 2.97. The predicted molar refractivity (Wildman–Crippen MR) is 79.9 cm³/mol. The molecule has 2 rings (SSSR count). The van der Waals surface area contributed by atoms with Crippen LogP contribution in [0.3, 0.4) is 0 Å². The normalized spacial score (nSPS) is 13.6. The Kier molecular flexibility index (Phi) is 5.05. The summed E-state index contributed by atoms with van der Waals surface area (Å²) in [5.41, 5.74) is 1.88. The van der Waals surface area contributed by atoms with Crippen molar-refractivity contribution in [3.63, 3.8) is 0 Å². The molecule has 0 bridgehead atoms. The van der Waals surface area contributed by atoms with E-state index < -0.39 is 23.3 Å². The first-order valence-corrected chi connectivity index (χ1v) is 8.07. The topological polar surface area (TPSA) is 93.6 Å². The van der Waals surface area contributed by atoms with Gasteiger partial charge in [-0.2, -0.15) is 0 Å². The molecule has 0 saturated heterocycles.